The van der Waals surface area contributed by atoms with Gasteiger partial charge in [0.25, 0.3) is 0 Å². The highest BCUT2D eigenvalue weighted by Crippen LogP contribution is 2.24. The molecule has 0 radical (unpaired) electrons. The Hall–Kier alpha value is -1.88. The summed E-state index contributed by atoms with van der Waals surface area (Å²) in [4.78, 5) is 12.1. The molecule has 118 valence electrons. The molecule has 0 saturated heterocycles. The number of halogens is 2. The third-order valence-corrected chi connectivity index (χ3v) is 3.90. The lowest BCUT2D eigenvalue weighted by Gasteiger charge is -2.06. The maximum atomic E-state index is 12.1. The van der Waals surface area contributed by atoms with Gasteiger partial charge in [-0.1, -0.05) is 40.2 Å². The van der Waals surface area contributed by atoms with Crippen LogP contribution < -0.4 is 10.5 Å². The summed E-state index contributed by atoms with van der Waals surface area (Å²) in [6.45, 7) is 0.454. The quantitative estimate of drug-likeness (QED) is 0.519. The molecular formula is C18H15BrClNO2. The number of carbonyl (C=O) groups is 1. The van der Waals surface area contributed by atoms with E-state index in [1.807, 2.05) is 42.5 Å². The zero-order valence-corrected chi connectivity index (χ0v) is 14.6. The molecule has 0 spiro atoms. The first-order valence-corrected chi connectivity index (χ1v) is 7.65. The summed E-state index contributed by atoms with van der Waals surface area (Å²) >= 11 is 3.44. The molecular weight excluding hydrogens is 378 g/mol. The Morgan fingerprint density at radius 1 is 0.957 bits per heavy atom. The van der Waals surface area contributed by atoms with Crippen molar-refractivity contribution in [2.75, 3.05) is 0 Å². The Kier molecular flexibility index (Phi) is 5.77. The summed E-state index contributed by atoms with van der Waals surface area (Å²) < 4.78 is 6.45. The third kappa shape index (κ3) is 4.10. The van der Waals surface area contributed by atoms with E-state index in [9.17, 15) is 4.79 Å². The van der Waals surface area contributed by atoms with Gasteiger partial charge in [0, 0.05) is 11.0 Å². The van der Waals surface area contributed by atoms with Gasteiger partial charge in [0.15, 0.2) is 0 Å². The minimum absolute atomic E-state index is 0. The molecule has 3 rings (SSSR count). The zero-order chi connectivity index (χ0) is 15.5. The van der Waals surface area contributed by atoms with Crippen LogP contribution in [-0.2, 0) is 6.54 Å². The number of hydrogen-bond acceptors (Lipinski definition) is 3. The molecule has 0 atom stereocenters. The molecule has 0 aliphatic rings. The summed E-state index contributed by atoms with van der Waals surface area (Å²) in [6.07, 6.45) is 0. The van der Waals surface area contributed by atoms with Crippen LogP contribution in [0.2, 0.25) is 0 Å². The summed E-state index contributed by atoms with van der Waals surface area (Å²) in [5.74, 6) is 0.155. The highest BCUT2D eigenvalue weighted by atomic mass is 79.9. The number of fused-ring (bicyclic) bond motifs is 1. The molecule has 0 aliphatic heterocycles. The van der Waals surface area contributed by atoms with Crippen molar-refractivity contribution in [1.29, 1.82) is 0 Å². The largest absolute Gasteiger partial charge is 0.423 e. The van der Waals surface area contributed by atoms with Crippen molar-refractivity contribution < 1.29 is 9.53 Å². The van der Waals surface area contributed by atoms with Crippen LogP contribution in [0.1, 0.15) is 15.9 Å². The monoisotopic (exact) mass is 391 g/mol. The summed E-state index contributed by atoms with van der Waals surface area (Å²) in [6, 6.07) is 18.6. The van der Waals surface area contributed by atoms with E-state index < -0.39 is 0 Å². The molecule has 5 heteroatoms. The second-order valence-electron chi connectivity index (χ2n) is 4.94. The average molecular weight is 393 g/mol. The molecule has 0 aromatic heterocycles. The second kappa shape index (κ2) is 7.59. The second-order valence-corrected chi connectivity index (χ2v) is 5.86. The number of esters is 1. The van der Waals surface area contributed by atoms with Crippen molar-refractivity contribution in [1.82, 2.24) is 0 Å². The predicted molar refractivity (Wildman–Crippen MR) is 98.2 cm³/mol. The SMILES string of the molecule is Cl.NCc1ccc(C(=O)Oc2ccc3cc(Br)ccc3c2)cc1. The third-order valence-electron chi connectivity index (χ3n) is 3.41. The van der Waals surface area contributed by atoms with E-state index in [2.05, 4.69) is 15.9 Å². The number of hydrogen-bond donors (Lipinski definition) is 1. The van der Waals surface area contributed by atoms with Gasteiger partial charge in [-0.25, -0.2) is 4.79 Å². The van der Waals surface area contributed by atoms with Gasteiger partial charge in [-0.2, -0.15) is 0 Å². The van der Waals surface area contributed by atoms with Crippen LogP contribution in [0.4, 0.5) is 0 Å². The molecule has 3 nitrogen and oxygen atoms in total. The van der Waals surface area contributed by atoms with E-state index in [1.165, 1.54) is 0 Å². The van der Waals surface area contributed by atoms with Gasteiger partial charge >= 0.3 is 5.97 Å². The van der Waals surface area contributed by atoms with Crippen molar-refractivity contribution in [3.63, 3.8) is 0 Å². The van der Waals surface area contributed by atoms with Gasteiger partial charge in [0.05, 0.1) is 5.56 Å². The lowest BCUT2D eigenvalue weighted by Crippen LogP contribution is -2.08. The van der Waals surface area contributed by atoms with E-state index in [0.29, 0.717) is 17.9 Å². The standard InChI is InChI=1S/C18H14BrNO2.ClH/c19-16-7-5-15-10-17(8-6-14(15)9-16)22-18(21)13-3-1-12(11-20)2-4-13;/h1-10H,11,20H2;1H. The van der Waals surface area contributed by atoms with Crippen LogP contribution in [0, 0.1) is 0 Å². The molecule has 0 heterocycles. The van der Waals surface area contributed by atoms with Gasteiger partial charge in [-0.3, -0.25) is 0 Å². The van der Waals surface area contributed by atoms with Gasteiger partial charge in [-0.05, 0) is 52.7 Å². The van der Waals surface area contributed by atoms with E-state index >= 15 is 0 Å². The molecule has 0 bridgehead atoms. The zero-order valence-electron chi connectivity index (χ0n) is 12.2. The number of carbonyl (C=O) groups excluding carboxylic acids is 1. The topological polar surface area (TPSA) is 52.3 Å². The van der Waals surface area contributed by atoms with Gasteiger partial charge in [0.1, 0.15) is 5.75 Å². The van der Waals surface area contributed by atoms with Crippen LogP contribution in [0.3, 0.4) is 0 Å². The fourth-order valence-corrected chi connectivity index (χ4v) is 2.58. The lowest BCUT2D eigenvalue weighted by atomic mass is 10.1. The summed E-state index contributed by atoms with van der Waals surface area (Å²) in [5, 5.41) is 2.11. The number of ether oxygens (including phenoxy) is 1. The van der Waals surface area contributed by atoms with Crippen LogP contribution >= 0.6 is 28.3 Å². The Balaban J connectivity index is 0.00000192. The maximum Gasteiger partial charge on any atom is 0.343 e. The number of nitrogens with two attached hydrogens (primary N) is 1. The van der Waals surface area contributed by atoms with Crippen molar-refractivity contribution in [2.24, 2.45) is 5.73 Å². The van der Waals surface area contributed by atoms with Crippen LogP contribution in [0.25, 0.3) is 10.8 Å². The van der Waals surface area contributed by atoms with Gasteiger partial charge in [0.2, 0.25) is 0 Å². The molecule has 0 aliphatic carbocycles. The van der Waals surface area contributed by atoms with Crippen molar-refractivity contribution in [2.45, 2.75) is 6.54 Å². The fourth-order valence-electron chi connectivity index (χ4n) is 2.20. The summed E-state index contributed by atoms with van der Waals surface area (Å²) in [7, 11) is 0. The molecule has 0 amide bonds. The Labute approximate surface area is 149 Å². The van der Waals surface area contributed by atoms with Crippen molar-refractivity contribution in [3.05, 3.63) is 76.3 Å². The fraction of sp³-hybridized carbons (Fsp3) is 0.0556. The first kappa shape index (κ1) is 17.5. The van der Waals surface area contributed by atoms with Crippen LogP contribution in [0.5, 0.6) is 5.75 Å². The highest BCUT2D eigenvalue weighted by Gasteiger charge is 2.09. The minimum atomic E-state index is -0.375. The first-order chi connectivity index (χ1) is 10.7. The Bertz CT molecular complexity index is 834. The maximum absolute atomic E-state index is 12.1. The minimum Gasteiger partial charge on any atom is -0.423 e. The smallest absolute Gasteiger partial charge is 0.343 e. The van der Waals surface area contributed by atoms with Crippen LogP contribution in [-0.4, -0.2) is 5.97 Å². The molecule has 2 N–H and O–H groups in total. The molecule has 0 fully saturated rings. The molecule has 0 saturated carbocycles. The Morgan fingerprint density at radius 3 is 2.30 bits per heavy atom. The average Bonchev–Trinajstić information content (AvgIpc) is 2.55. The normalized spacial score (nSPS) is 10.2. The molecule has 23 heavy (non-hydrogen) atoms. The molecule has 3 aromatic carbocycles. The van der Waals surface area contributed by atoms with Crippen LogP contribution in [0.15, 0.2) is 65.1 Å². The van der Waals surface area contributed by atoms with Gasteiger partial charge in [-0.15, -0.1) is 12.4 Å². The van der Waals surface area contributed by atoms with E-state index in [0.717, 1.165) is 20.8 Å². The van der Waals surface area contributed by atoms with Crippen molar-refractivity contribution >= 4 is 45.1 Å². The summed E-state index contributed by atoms with van der Waals surface area (Å²) in [5.41, 5.74) is 7.03. The predicted octanol–water partition coefficient (Wildman–Crippen LogP) is 4.70. The first-order valence-electron chi connectivity index (χ1n) is 6.86. The lowest BCUT2D eigenvalue weighted by molar-refractivity contribution is 0.0735. The highest BCUT2D eigenvalue weighted by molar-refractivity contribution is 9.10. The number of benzene rings is 3. The van der Waals surface area contributed by atoms with E-state index in [-0.39, 0.29) is 18.4 Å². The molecule has 0 unspecified atom stereocenters. The molecule has 3 aromatic rings. The Morgan fingerprint density at radius 2 is 1.61 bits per heavy atom. The van der Waals surface area contributed by atoms with E-state index in [4.69, 9.17) is 10.5 Å². The number of rotatable bonds is 3. The van der Waals surface area contributed by atoms with Gasteiger partial charge < -0.3 is 10.5 Å². The van der Waals surface area contributed by atoms with Crippen molar-refractivity contribution in [3.8, 4) is 5.75 Å². The van der Waals surface area contributed by atoms with E-state index in [1.54, 1.807) is 18.2 Å².